The lowest BCUT2D eigenvalue weighted by molar-refractivity contribution is 0.163. The maximum absolute atomic E-state index is 6.02. The third kappa shape index (κ3) is 2.54. The van der Waals surface area contributed by atoms with Crippen LogP contribution in [-0.4, -0.2) is 47.5 Å². The van der Waals surface area contributed by atoms with Gasteiger partial charge in [-0.05, 0) is 56.0 Å². The number of benzene rings is 1. The lowest BCUT2D eigenvalue weighted by atomic mass is 10.0. The molecule has 0 saturated carbocycles. The van der Waals surface area contributed by atoms with Crippen LogP contribution >= 0.6 is 11.5 Å². The lowest BCUT2D eigenvalue weighted by Gasteiger charge is -2.34. The maximum atomic E-state index is 6.02. The van der Waals surface area contributed by atoms with Crippen LogP contribution in [0.25, 0.3) is 10.9 Å². The Balaban J connectivity index is 1.49. The highest BCUT2D eigenvalue weighted by atomic mass is 32.1. The molecule has 4 rings (SSSR count). The minimum absolute atomic E-state index is 0.421. The van der Waals surface area contributed by atoms with Crippen LogP contribution in [0, 0.1) is 0 Å². The molecule has 1 unspecified atom stereocenters. The molecule has 2 N–H and O–H groups in total. The Labute approximate surface area is 129 Å². The van der Waals surface area contributed by atoms with Crippen LogP contribution in [-0.2, 0) is 0 Å². The van der Waals surface area contributed by atoms with E-state index in [1.165, 1.54) is 29.9 Å². The molecule has 0 spiro atoms. The molecule has 1 aromatic carbocycles. The summed E-state index contributed by atoms with van der Waals surface area (Å²) in [5.74, 6) is 0. The van der Waals surface area contributed by atoms with Crippen molar-refractivity contribution in [3.8, 4) is 0 Å². The van der Waals surface area contributed by atoms with Crippen LogP contribution in [0.3, 0.4) is 0 Å². The minimum Gasteiger partial charge on any atom is -0.360 e. The number of fused-ring (bicyclic) bond motifs is 1. The Bertz CT molecular complexity index is 618. The van der Waals surface area contributed by atoms with Crippen molar-refractivity contribution >= 4 is 27.4 Å². The van der Waals surface area contributed by atoms with Crippen LogP contribution in [0.2, 0.25) is 0 Å². The van der Waals surface area contributed by atoms with E-state index in [9.17, 15) is 0 Å². The fraction of sp³-hybridized carbons (Fsp3) is 0.562. The van der Waals surface area contributed by atoms with Crippen LogP contribution < -0.4 is 10.6 Å². The summed E-state index contributed by atoms with van der Waals surface area (Å²) in [6.07, 6.45) is 3.57. The molecule has 3 heterocycles. The van der Waals surface area contributed by atoms with E-state index in [0.717, 1.165) is 31.4 Å². The van der Waals surface area contributed by atoms with Crippen molar-refractivity contribution in [2.24, 2.45) is 5.73 Å². The Kier molecular flexibility index (Phi) is 3.57. The van der Waals surface area contributed by atoms with Gasteiger partial charge >= 0.3 is 0 Å². The van der Waals surface area contributed by atoms with Crippen LogP contribution in [0.1, 0.15) is 19.3 Å². The molecule has 112 valence electrons. The van der Waals surface area contributed by atoms with Gasteiger partial charge in [0.25, 0.3) is 0 Å². The van der Waals surface area contributed by atoms with Gasteiger partial charge in [-0.1, -0.05) is 12.1 Å². The summed E-state index contributed by atoms with van der Waals surface area (Å²) in [6.45, 7) is 4.63. The standard InChI is InChI=1S/C16H22N4S/c17-12-5-8-19(9-6-12)13-7-10-20(11-13)16-14-3-1-2-4-15(14)18-21-16/h1-4,12-13H,5-11,17H2. The highest BCUT2D eigenvalue weighted by molar-refractivity contribution is 7.11. The van der Waals surface area contributed by atoms with Crippen LogP contribution in [0.4, 0.5) is 5.00 Å². The second-order valence-corrected chi connectivity index (χ2v) is 7.02. The van der Waals surface area contributed by atoms with Gasteiger partial charge in [0.15, 0.2) is 0 Å². The summed E-state index contributed by atoms with van der Waals surface area (Å²) in [6, 6.07) is 9.59. The fourth-order valence-corrected chi connectivity index (χ4v) is 4.51. The van der Waals surface area contributed by atoms with Gasteiger partial charge in [-0.2, -0.15) is 4.37 Å². The SMILES string of the molecule is NC1CCN(C2CCN(c3snc4ccccc34)C2)CC1. The van der Waals surface area contributed by atoms with Crippen molar-refractivity contribution in [1.29, 1.82) is 0 Å². The first-order valence-electron chi connectivity index (χ1n) is 7.90. The largest absolute Gasteiger partial charge is 0.360 e. The predicted molar refractivity (Wildman–Crippen MR) is 89.0 cm³/mol. The minimum atomic E-state index is 0.421. The Morgan fingerprint density at radius 3 is 2.76 bits per heavy atom. The van der Waals surface area contributed by atoms with Crippen LogP contribution in [0.5, 0.6) is 0 Å². The molecule has 2 aromatic rings. The van der Waals surface area contributed by atoms with E-state index < -0.39 is 0 Å². The number of nitrogens with two attached hydrogens (primary N) is 1. The van der Waals surface area contributed by atoms with Crippen molar-refractivity contribution in [1.82, 2.24) is 9.27 Å². The number of nitrogens with zero attached hydrogens (tertiary/aromatic N) is 3. The Morgan fingerprint density at radius 2 is 1.90 bits per heavy atom. The number of aromatic nitrogens is 1. The molecule has 21 heavy (non-hydrogen) atoms. The molecule has 2 fully saturated rings. The Hall–Kier alpha value is -1.17. The van der Waals surface area contributed by atoms with E-state index in [0.29, 0.717) is 12.1 Å². The highest BCUT2D eigenvalue weighted by Gasteiger charge is 2.31. The molecular formula is C16H22N4S. The molecule has 1 aromatic heterocycles. The fourth-order valence-electron chi connectivity index (χ4n) is 3.61. The molecule has 4 nitrogen and oxygen atoms in total. The zero-order valence-electron chi connectivity index (χ0n) is 12.2. The summed E-state index contributed by atoms with van der Waals surface area (Å²) in [7, 11) is 0. The Morgan fingerprint density at radius 1 is 1.10 bits per heavy atom. The first kappa shape index (κ1) is 13.5. The topological polar surface area (TPSA) is 45.4 Å². The van der Waals surface area contributed by atoms with Gasteiger partial charge in [0.1, 0.15) is 5.00 Å². The van der Waals surface area contributed by atoms with E-state index in [1.54, 1.807) is 11.5 Å². The molecule has 0 aliphatic carbocycles. The summed E-state index contributed by atoms with van der Waals surface area (Å²) in [5, 5.41) is 2.66. The summed E-state index contributed by atoms with van der Waals surface area (Å²) >= 11 is 1.65. The average molecular weight is 302 g/mol. The molecule has 0 bridgehead atoms. The second-order valence-electron chi connectivity index (χ2n) is 6.27. The van der Waals surface area contributed by atoms with Crippen molar-refractivity contribution in [3.05, 3.63) is 24.3 Å². The van der Waals surface area contributed by atoms with E-state index in [2.05, 4.69) is 38.4 Å². The molecule has 2 aliphatic heterocycles. The zero-order chi connectivity index (χ0) is 14.2. The quantitative estimate of drug-likeness (QED) is 0.924. The van der Waals surface area contributed by atoms with Gasteiger partial charge in [-0.25, -0.2) is 0 Å². The average Bonchev–Trinajstić information content (AvgIpc) is 3.14. The van der Waals surface area contributed by atoms with Crippen molar-refractivity contribution < 1.29 is 0 Å². The molecular weight excluding hydrogens is 280 g/mol. The monoisotopic (exact) mass is 302 g/mol. The number of piperidine rings is 1. The van der Waals surface area contributed by atoms with Gasteiger partial charge in [-0.15, -0.1) is 0 Å². The van der Waals surface area contributed by atoms with Gasteiger partial charge in [0.05, 0.1) is 5.52 Å². The van der Waals surface area contributed by atoms with Gasteiger partial charge < -0.3 is 10.6 Å². The summed E-state index contributed by atoms with van der Waals surface area (Å²) in [5.41, 5.74) is 7.15. The van der Waals surface area contributed by atoms with Gasteiger partial charge in [-0.3, -0.25) is 4.90 Å². The van der Waals surface area contributed by atoms with Crippen molar-refractivity contribution in [3.63, 3.8) is 0 Å². The summed E-state index contributed by atoms with van der Waals surface area (Å²) < 4.78 is 4.58. The zero-order valence-corrected chi connectivity index (χ0v) is 13.1. The number of hydrogen-bond acceptors (Lipinski definition) is 5. The van der Waals surface area contributed by atoms with E-state index in [4.69, 9.17) is 5.73 Å². The smallest absolute Gasteiger partial charge is 0.120 e. The van der Waals surface area contributed by atoms with Crippen molar-refractivity contribution in [2.45, 2.75) is 31.3 Å². The highest BCUT2D eigenvalue weighted by Crippen LogP contribution is 2.34. The predicted octanol–water partition coefficient (Wildman–Crippen LogP) is 2.30. The number of anilines is 1. The first-order chi connectivity index (χ1) is 10.3. The molecule has 0 radical (unpaired) electrons. The second kappa shape index (κ2) is 5.55. The molecule has 1 atom stereocenters. The van der Waals surface area contributed by atoms with Crippen molar-refractivity contribution in [2.75, 3.05) is 31.1 Å². The molecule has 2 aliphatic rings. The molecule has 0 amide bonds. The van der Waals surface area contributed by atoms with Crippen LogP contribution in [0.15, 0.2) is 24.3 Å². The van der Waals surface area contributed by atoms with E-state index in [-0.39, 0.29) is 0 Å². The maximum Gasteiger partial charge on any atom is 0.120 e. The lowest BCUT2D eigenvalue weighted by Crippen LogP contribution is -2.46. The molecule has 5 heteroatoms. The van der Waals surface area contributed by atoms with E-state index >= 15 is 0 Å². The third-order valence-electron chi connectivity index (χ3n) is 4.91. The number of rotatable bonds is 2. The van der Waals surface area contributed by atoms with E-state index in [1.807, 2.05) is 0 Å². The summed E-state index contributed by atoms with van der Waals surface area (Å²) in [4.78, 5) is 5.17. The van der Waals surface area contributed by atoms with Gasteiger partial charge in [0.2, 0.25) is 0 Å². The number of likely N-dealkylation sites (tertiary alicyclic amines) is 1. The normalized spacial score (nSPS) is 25.0. The first-order valence-corrected chi connectivity index (χ1v) is 8.67. The van der Waals surface area contributed by atoms with Gasteiger partial charge in [0, 0.05) is 30.6 Å². The number of hydrogen-bond donors (Lipinski definition) is 1. The third-order valence-corrected chi connectivity index (χ3v) is 5.85. The molecule has 2 saturated heterocycles.